The third-order valence-corrected chi connectivity index (χ3v) is 5.87. The first-order valence-corrected chi connectivity index (χ1v) is 7.81. The lowest BCUT2D eigenvalue weighted by Gasteiger charge is -2.47. The number of nitrogens with zero attached hydrogens (tertiary/aromatic N) is 1. The fourth-order valence-corrected chi connectivity index (χ4v) is 4.25. The highest BCUT2D eigenvalue weighted by Crippen LogP contribution is 2.48. The number of allylic oxidation sites excluding steroid dienone is 2. The first-order chi connectivity index (χ1) is 9.94. The number of aliphatic carboxylic acids is 1. The molecule has 3 aliphatic carbocycles. The molecule has 0 spiro atoms. The van der Waals surface area contributed by atoms with Crippen molar-refractivity contribution in [3.8, 4) is 0 Å². The number of likely N-dealkylation sites (N-methyl/N-ethyl adjacent to an activating group) is 1. The van der Waals surface area contributed by atoms with Crippen LogP contribution < -0.4 is 5.32 Å². The van der Waals surface area contributed by atoms with E-state index in [1.165, 1.54) is 6.42 Å². The third-order valence-electron chi connectivity index (χ3n) is 5.87. The Bertz CT molecular complexity index is 482. The van der Waals surface area contributed by atoms with Crippen LogP contribution >= 0.6 is 0 Å². The average molecular weight is 292 g/mol. The van der Waals surface area contributed by atoms with Crippen LogP contribution in [0.2, 0.25) is 0 Å². The second kappa shape index (κ2) is 5.13. The monoisotopic (exact) mass is 292 g/mol. The molecule has 116 valence electrons. The molecule has 0 aromatic carbocycles. The molecule has 3 aliphatic rings. The zero-order chi connectivity index (χ0) is 15.2. The molecule has 0 aliphatic heterocycles. The van der Waals surface area contributed by atoms with Gasteiger partial charge in [-0.05, 0) is 51.6 Å². The summed E-state index contributed by atoms with van der Waals surface area (Å²) in [5.41, 5.74) is 0.0713. The maximum atomic E-state index is 12.5. The van der Waals surface area contributed by atoms with Crippen molar-refractivity contribution in [3.05, 3.63) is 12.2 Å². The summed E-state index contributed by atoms with van der Waals surface area (Å²) in [7, 11) is 4.09. The third kappa shape index (κ3) is 2.27. The molecular weight excluding hydrogens is 268 g/mol. The number of carboxylic acid groups (broad SMARTS) is 1. The van der Waals surface area contributed by atoms with Crippen molar-refractivity contribution in [2.24, 2.45) is 23.7 Å². The van der Waals surface area contributed by atoms with Crippen molar-refractivity contribution < 1.29 is 14.7 Å². The fourth-order valence-electron chi connectivity index (χ4n) is 4.25. The van der Waals surface area contributed by atoms with Gasteiger partial charge in [0.25, 0.3) is 0 Å². The summed E-state index contributed by atoms with van der Waals surface area (Å²) in [6, 6.07) is 0. The number of hydrogen-bond acceptors (Lipinski definition) is 3. The van der Waals surface area contributed by atoms with Crippen LogP contribution in [0.4, 0.5) is 0 Å². The Morgan fingerprint density at radius 1 is 1.24 bits per heavy atom. The lowest BCUT2D eigenvalue weighted by atomic mass is 9.75. The molecule has 4 atom stereocenters. The van der Waals surface area contributed by atoms with Crippen LogP contribution in [0.1, 0.15) is 25.7 Å². The minimum absolute atomic E-state index is 0.0368. The summed E-state index contributed by atoms with van der Waals surface area (Å²) in [4.78, 5) is 26.2. The Morgan fingerprint density at radius 3 is 2.33 bits per heavy atom. The highest BCUT2D eigenvalue weighted by molar-refractivity contribution is 5.86. The summed E-state index contributed by atoms with van der Waals surface area (Å²) in [6.45, 7) is 0.628. The number of carbonyl (C=O) groups is 2. The Hall–Kier alpha value is -1.36. The maximum absolute atomic E-state index is 12.5. The van der Waals surface area contributed by atoms with E-state index in [-0.39, 0.29) is 23.3 Å². The van der Waals surface area contributed by atoms with Crippen LogP contribution in [0, 0.1) is 23.7 Å². The van der Waals surface area contributed by atoms with Crippen molar-refractivity contribution in [1.82, 2.24) is 10.2 Å². The molecule has 0 aromatic rings. The van der Waals surface area contributed by atoms with Crippen LogP contribution in [0.3, 0.4) is 0 Å². The van der Waals surface area contributed by atoms with Gasteiger partial charge < -0.3 is 15.3 Å². The van der Waals surface area contributed by atoms with Crippen LogP contribution in [-0.4, -0.2) is 48.1 Å². The van der Waals surface area contributed by atoms with Crippen LogP contribution in [0.5, 0.6) is 0 Å². The molecular formula is C16H24N2O3. The molecule has 2 bridgehead atoms. The molecule has 0 saturated heterocycles. The highest BCUT2D eigenvalue weighted by Gasteiger charge is 2.52. The van der Waals surface area contributed by atoms with E-state index in [0.717, 1.165) is 19.3 Å². The molecule has 0 heterocycles. The van der Waals surface area contributed by atoms with Crippen LogP contribution in [-0.2, 0) is 9.59 Å². The molecule has 3 rings (SSSR count). The Labute approximate surface area is 125 Å². The summed E-state index contributed by atoms with van der Waals surface area (Å²) in [5.74, 6) is -1.71. The number of carbonyl (C=O) groups excluding carboxylic acids is 1. The van der Waals surface area contributed by atoms with E-state index in [1.807, 2.05) is 26.2 Å². The minimum Gasteiger partial charge on any atom is -0.481 e. The van der Waals surface area contributed by atoms with Gasteiger partial charge in [-0.2, -0.15) is 0 Å². The predicted molar refractivity (Wildman–Crippen MR) is 78.6 cm³/mol. The van der Waals surface area contributed by atoms with Crippen LogP contribution in [0.25, 0.3) is 0 Å². The van der Waals surface area contributed by atoms with Crippen LogP contribution in [0.15, 0.2) is 12.2 Å². The van der Waals surface area contributed by atoms with Gasteiger partial charge in [0.2, 0.25) is 5.91 Å². The molecule has 2 fully saturated rings. The molecule has 0 aromatic heterocycles. The zero-order valence-electron chi connectivity index (χ0n) is 12.7. The van der Waals surface area contributed by atoms with E-state index >= 15 is 0 Å². The van der Waals surface area contributed by atoms with Crippen molar-refractivity contribution in [2.75, 3.05) is 20.6 Å². The van der Waals surface area contributed by atoms with Gasteiger partial charge in [0.1, 0.15) is 0 Å². The van der Waals surface area contributed by atoms with E-state index in [0.29, 0.717) is 6.54 Å². The maximum Gasteiger partial charge on any atom is 0.307 e. The molecule has 0 radical (unpaired) electrons. The first kappa shape index (κ1) is 14.6. The van der Waals surface area contributed by atoms with Crippen molar-refractivity contribution in [2.45, 2.75) is 31.2 Å². The molecule has 2 saturated carbocycles. The first-order valence-electron chi connectivity index (χ1n) is 7.81. The normalized spacial score (nSPS) is 35.8. The molecule has 5 heteroatoms. The second-order valence-corrected chi connectivity index (χ2v) is 7.03. The highest BCUT2D eigenvalue weighted by atomic mass is 16.4. The summed E-state index contributed by atoms with van der Waals surface area (Å²) in [6.07, 6.45) is 8.20. The summed E-state index contributed by atoms with van der Waals surface area (Å²) < 4.78 is 0. The zero-order valence-corrected chi connectivity index (χ0v) is 12.7. The lowest BCUT2D eigenvalue weighted by Crippen LogP contribution is -2.58. The van der Waals surface area contributed by atoms with Gasteiger partial charge in [0.15, 0.2) is 0 Å². The van der Waals surface area contributed by atoms with Crippen molar-refractivity contribution in [1.29, 1.82) is 0 Å². The van der Waals surface area contributed by atoms with E-state index in [1.54, 1.807) is 0 Å². The number of nitrogens with one attached hydrogen (secondary N) is 1. The number of rotatable bonds is 5. The van der Waals surface area contributed by atoms with Crippen molar-refractivity contribution in [3.63, 3.8) is 0 Å². The standard InChI is InChI=1S/C16H24N2O3/c1-18(2)16(6-3-7-16)9-17-14(19)12-10-4-5-11(8-10)13(12)15(20)21/h4-5,10-13H,3,6-9H2,1-2H3,(H,17,19)(H,20,21)/t10?,11?,12-,13+/m0/s1. The average Bonchev–Trinajstić information content (AvgIpc) is 2.96. The molecule has 2 N–H and O–H groups in total. The van der Waals surface area contributed by atoms with E-state index in [9.17, 15) is 14.7 Å². The van der Waals surface area contributed by atoms with Gasteiger partial charge in [-0.25, -0.2) is 0 Å². The topological polar surface area (TPSA) is 69.6 Å². The van der Waals surface area contributed by atoms with Gasteiger partial charge in [-0.3, -0.25) is 9.59 Å². The largest absolute Gasteiger partial charge is 0.481 e. The SMILES string of the molecule is CN(C)C1(CNC(=O)[C@H]2C3C=CC(C3)[C@H]2C(=O)O)CCC1. The predicted octanol–water partition coefficient (Wildman–Crippen LogP) is 1.11. The van der Waals surface area contributed by atoms with E-state index < -0.39 is 17.8 Å². The van der Waals surface area contributed by atoms with Gasteiger partial charge >= 0.3 is 5.97 Å². The van der Waals surface area contributed by atoms with Crippen molar-refractivity contribution >= 4 is 11.9 Å². The van der Waals surface area contributed by atoms with E-state index in [4.69, 9.17) is 0 Å². The molecule has 21 heavy (non-hydrogen) atoms. The lowest BCUT2D eigenvalue weighted by molar-refractivity contribution is -0.148. The van der Waals surface area contributed by atoms with Gasteiger partial charge in [-0.15, -0.1) is 0 Å². The Balaban J connectivity index is 1.65. The minimum atomic E-state index is -0.835. The quantitative estimate of drug-likeness (QED) is 0.745. The number of carboxylic acids is 1. The fraction of sp³-hybridized carbons (Fsp3) is 0.750. The smallest absolute Gasteiger partial charge is 0.307 e. The molecule has 1 amide bonds. The number of hydrogen-bond donors (Lipinski definition) is 2. The Kier molecular flexibility index (Phi) is 3.56. The molecule has 2 unspecified atom stereocenters. The van der Waals surface area contributed by atoms with Gasteiger partial charge in [0, 0.05) is 12.1 Å². The van der Waals surface area contributed by atoms with Gasteiger partial charge in [0.05, 0.1) is 11.8 Å². The molecule has 5 nitrogen and oxygen atoms in total. The second-order valence-electron chi connectivity index (χ2n) is 7.03. The number of fused-ring (bicyclic) bond motifs is 2. The number of amides is 1. The van der Waals surface area contributed by atoms with Gasteiger partial charge in [-0.1, -0.05) is 12.2 Å². The summed E-state index contributed by atoms with van der Waals surface area (Å²) in [5, 5.41) is 12.4. The van der Waals surface area contributed by atoms with E-state index in [2.05, 4.69) is 10.2 Å². The summed E-state index contributed by atoms with van der Waals surface area (Å²) >= 11 is 0. The Morgan fingerprint density at radius 2 is 1.86 bits per heavy atom.